The molecule has 1 amide bonds. The van der Waals surface area contributed by atoms with Crippen LogP contribution in [-0.2, 0) is 10.3 Å². The van der Waals surface area contributed by atoms with Crippen LogP contribution < -0.4 is 20.2 Å². The summed E-state index contributed by atoms with van der Waals surface area (Å²) in [6.07, 6.45) is 0.444. The van der Waals surface area contributed by atoms with Gasteiger partial charge in [-0.2, -0.15) is 5.10 Å². The number of ether oxygens (including phenoxy) is 2. The Hall–Kier alpha value is -3.02. The number of hydrogen-bond acceptors (Lipinski definition) is 5. The number of rotatable bonds is 3. The van der Waals surface area contributed by atoms with E-state index in [0.29, 0.717) is 17.9 Å². The van der Waals surface area contributed by atoms with E-state index in [0.717, 1.165) is 22.5 Å². The van der Waals surface area contributed by atoms with Crippen LogP contribution in [0.25, 0.3) is 0 Å². The predicted molar refractivity (Wildman–Crippen MR) is 90.6 cm³/mol. The van der Waals surface area contributed by atoms with Gasteiger partial charge in [0.1, 0.15) is 11.5 Å². The maximum atomic E-state index is 12.6. The molecule has 0 fully saturated rings. The van der Waals surface area contributed by atoms with Gasteiger partial charge in [0.05, 0.1) is 19.9 Å². The van der Waals surface area contributed by atoms with Gasteiger partial charge in [0.25, 0.3) is 5.91 Å². The van der Waals surface area contributed by atoms with Crippen molar-refractivity contribution in [1.29, 1.82) is 0 Å². The third-order valence-corrected chi connectivity index (χ3v) is 4.55. The summed E-state index contributed by atoms with van der Waals surface area (Å²) in [6.45, 7) is 0. The van der Waals surface area contributed by atoms with Crippen LogP contribution in [-0.4, -0.2) is 25.8 Å². The lowest BCUT2D eigenvalue weighted by molar-refractivity contribution is -0.121. The second-order valence-corrected chi connectivity index (χ2v) is 5.82. The summed E-state index contributed by atoms with van der Waals surface area (Å²) in [5.74, 6) is 1.31. The normalized spacial score (nSPS) is 21.1. The van der Waals surface area contributed by atoms with Crippen LogP contribution in [0.15, 0.2) is 47.6 Å². The average Bonchev–Trinajstić information content (AvgIpc) is 3.18. The minimum atomic E-state index is -0.861. The number of hydrogen-bond donors (Lipinski definition) is 2. The first-order valence-corrected chi connectivity index (χ1v) is 7.65. The maximum Gasteiger partial charge on any atom is 0.256 e. The lowest BCUT2D eigenvalue weighted by Gasteiger charge is -2.21. The van der Waals surface area contributed by atoms with Gasteiger partial charge in [0.2, 0.25) is 0 Å². The summed E-state index contributed by atoms with van der Waals surface area (Å²) in [5, 5.41) is 7.37. The number of para-hydroxylation sites is 1. The zero-order valence-corrected chi connectivity index (χ0v) is 13.4. The Balaban J connectivity index is 1.74. The molecule has 1 spiro atoms. The summed E-state index contributed by atoms with van der Waals surface area (Å²) in [6, 6.07) is 13.2. The van der Waals surface area contributed by atoms with E-state index < -0.39 is 5.54 Å². The Kier molecular flexibility index (Phi) is 3.19. The Morgan fingerprint density at radius 3 is 2.75 bits per heavy atom. The number of carbonyl (C=O) groups excluding carboxylic acids is 1. The Bertz CT molecular complexity index is 862. The van der Waals surface area contributed by atoms with Crippen molar-refractivity contribution in [2.24, 2.45) is 5.10 Å². The van der Waals surface area contributed by atoms with E-state index in [1.165, 1.54) is 0 Å². The largest absolute Gasteiger partial charge is 0.497 e. The second kappa shape index (κ2) is 5.26. The number of hydrazone groups is 1. The highest BCUT2D eigenvalue weighted by Crippen LogP contribution is 2.42. The molecule has 2 aromatic rings. The topological polar surface area (TPSA) is 72.0 Å². The molecule has 0 saturated carbocycles. The van der Waals surface area contributed by atoms with Crippen LogP contribution in [0.3, 0.4) is 0 Å². The van der Waals surface area contributed by atoms with E-state index >= 15 is 0 Å². The lowest BCUT2D eigenvalue weighted by Crippen LogP contribution is -2.42. The van der Waals surface area contributed by atoms with Gasteiger partial charge in [-0.25, -0.2) is 0 Å². The highest BCUT2D eigenvalue weighted by Gasteiger charge is 2.50. The second-order valence-electron chi connectivity index (χ2n) is 5.82. The molecular weight excluding hydrogens is 306 g/mol. The van der Waals surface area contributed by atoms with E-state index in [2.05, 4.69) is 15.8 Å². The summed E-state index contributed by atoms with van der Waals surface area (Å²) in [4.78, 5) is 12.6. The number of methoxy groups -OCH3 is 2. The van der Waals surface area contributed by atoms with E-state index in [1.54, 1.807) is 14.2 Å². The Labute approximate surface area is 139 Å². The molecule has 2 aromatic carbocycles. The van der Waals surface area contributed by atoms with E-state index in [9.17, 15) is 4.79 Å². The van der Waals surface area contributed by atoms with E-state index in [4.69, 9.17) is 9.47 Å². The molecule has 1 atom stereocenters. The quantitative estimate of drug-likeness (QED) is 0.909. The van der Waals surface area contributed by atoms with Crippen LogP contribution in [0, 0.1) is 0 Å². The highest BCUT2D eigenvalue weighted by atomic mass is 16.5. The van der Waals surface area contributed by atoms with Gasteiger partial charge in [-0.1, -0.05) is 18.2 Å². The minimum Gasteiger partial charge on any atom is -0.497 e. The fraction of sp³-hybridized carbons (Fsp3) is 0.222. The third kappa shape index (κ3) is 1.96. The van der Waals surface area contributed by atoms with Gasteiger partial charge in [-0.05, 0) is 24.3 Å². The van der Waals surface area contributed by atoms with Gasteiger partial charge in [-0.15, -0.1) is 0 Å². The monoisotopic (exact) mass is 323 g/mol. The molecule has 2 heterocycles. The number of benzene rings is 2. The first-order chi connectivity index (χ1) is 11.7. The van der Waals surface area contributed by atoms with Gasteiger partial charge in [-0.3, -0.25) is 10.2 Å². The van der Waals surface area contributed by atoms with Crippen LogP contribution in [0.2, 0.25) is 0 Å². The van der Waals surface area contributed by atoms with Gasteiger partial charge in [0, 0.05) is 23.2 Å². The molecule has 24 heavy (non-hydrogen) atoms. The molecule has 2 aliphatic rings. The van der Waals surface area contributed by atoms with Gasteiger partial charge in [0.15, 0.2) is 5.54 Å². The summed E-state index contributed by atoms with van der Waals surface area (Å²) in [7, 11) is 3.23. The number of nitrogens with one attached hydrogen (secondary N) is 2. The molecule has 2 aliphatic heterocycles. The zero-order chi connectivity index (χ0) is 16.7. The van der Waals surface area contributed by atoms with Crippen molar-refractivity contribution in [2.75, 3.05) is 19.5 Å². The number of carbonyl (C=O) groups is 1. The first kappa shape index (κ1) is 14.6. The first-order valence-electron chi connectivity index (χ1n) is 7.65. The number of nitrogens with zero attached hydrogens (tertiary/aromatic N) is 1. The lowest BCUT2D eigenvalue weighted by atomic mass is 9.86. The van der Waals surface area contributed by atoms with Gasteiger partial charge < -0.3 is 14.8 Å². The summed E-state index contributed by atoms with van der Waals surface area (Å²) in [5.41, 5.74) is 5.51. The van der Waals surface area contributed by atoms with Crippen molar-refractivity contribution >= 4 is 17.3 Å². The smallest absolute Gasteiger partial charge is 0.256 e. The van der Waals surface area contributed by atoms with Crippen LogP contribution in [0.5, 0.6) is 11.5 Å². The number of anilines is 1. The summed E-state index contributed by atoms with van der Waals surface area (Å²) < 4.78 is 10.7. The molecule has 0 aliphatic carbocycles. The molecule has 0 unspecified atom stereocenters. The van der Waals surface area contributed by atoms with Crippen molar-refractivity contribution in [1.82, 2.24) is 5.43 Å². The number of amides is 1. The predicted octanol–water partition coefficient (Wildman–Crippen LogP) is 2.25. The van der Waals surface area contributed by atoms with E-state index in [-0.39, 0.29) is 5.91 Å². The minimum absolute atomic E-state index is 0.0932. The fourth-order valence-corrected chi connectivity index (χ4v) is 3.29. The van der Waals surface area contributed by atoms with Crippen LogP contribution >= 0.6 is 0 Å². The molecule has 0 saturated heterocycles. The van der Waals surface area contributed by atoms with Crippen molar-refractivity contribution < 1.29 is 14.3 Å². The molecule has 0 bridgehead atoms. The van der Waals surface area contributed by atoms with Crippen molar-refractivity contribution in [2.45, 2.75) is 12.0 Å². The van der Waals surface area contributed by atoms with Crippen molar-refractivity contribution in [3.8, 4) is 11.5 Å². The van der Waals surface area contributed by atoms with Crippen molar-refractivity contribution in [3.05, 3.63) is 53.6 Å². The molecule has 0 radical (unpaired) electrons. The highest BCUT2D eigenvalue weighted by molar-refractivity contribution is 6.13. The molecule has 6 heteroatoms. The molecule has 0 aromatic heterocycles. The van der Waals surface area contributed by atoms with E-state index in [1.807, 2.05) is 42.5 Å². The van der Waals surface area contributed by atoms with Crippen LogP contribution in [0.4, 0.5) is 5.69 Å². The summed E-state index contributed by atoms with van der Waals surface area (Å²) >= 11 is 0. The molecule has 122 valence electrons. The zero-order valence-electron chi connectivity index (χ0n) is 13.4. The SMILES string of the molecule is COc1ccc(OC)c(C2=NN[C@@]3(C2)C(=O)Nc2ccccc23)c1. The van der Waals surface area contributed by atoms with Crippen LogP contribution in [0.1, 0.15) is 17.5 Å². The molecular formula is C18H17N3O3. The van der Waals surface area contributed by atoms with Crippen molar-refractivity contribution in [3.63, 3.8) is 0 Å². The standard InChI is InChI=1S/C18H17N3O3/c1-23-11-7-8-16(24-2)12(9-11)15-10-18(21-20-15)13-5-3-4-6-14(13)19-17(18)22/h3-9,21H,10H2,1-2H3,(H,19,22)/t18-/m1/s1. The molecule has 4 rings (SSSR count). The number of fused-ring (bicyclic) bond motifs is 2. The Morgan fingerprint density at radius 2 is 1.96 bits per heavy atom. The molecule has 2 N–H and O–H groups in total. The third-order valence-electron chi connectivity index (χ3n) is 4.55. The fourth-order valence-electron chi connectivity index (χ4n) is 3.29. The average molecular weight is 323 g/mol. The Morgan fingerprint density at radius 1 is 1.12 bits per heavy atom. The maximum absolute atomic E-state index is 12.6. The van der Waals surface area contributed by atoms with Gasteiger partial charge >= 0.3 is 0 Å². The molecule has 6 nitrogen and oxygen atoms in total.